The quantitative estimate of drug-likeness (QED) is 0.671. The zero-order valence-electron chi connectivity index (χ0n) is 14.7. The summed E-state index contributed by atoms with van der Waals surface area (Å²) < 4.78 is 10.9. The van der Waals surface area contributed by atoms with Gasteiger partial charge in [-0.3, -0.25) is 4.79 Å². The van der Waals surface area contributed by atoms with E-state index in [1.54, 1.807) is 13.2 Å². The Morgan fingerprint density at radius 3 is 2.62 bits per heavy atom. The molecule has 1 amide bonds. The van der Waals surface area contributed by atoms with E-state index in [1.165, 1.54) is 11.3 Å². The van der Waals surface area contributed by atoms with Gasteiger partial charge in [0.15, 0.2) is 0 Å². The number of methoxy groups -OCH3 is 1. The van der Waals surface area contributed by atoms with E-state index < -0.39 is 0 Å². The number of para-hydroxylation sites is 3. The second kappa shape index (κ2) is 8.49. The third-order valence-corrected chi connectivity index (χ3v) is 4.62. The number of carbonyl (C=O) groups is 1. The van der Waals surface area contributed by atoms with Gasteiger partial charge in [0, 0.05) is 5.38 Å². The van der Waals surface area contributed by atoms with E-state index in [0.29, 0.717) is 18.0 Å². The number of aromatic nitrogens is 1. The van der Waals surface area contributed by atoms with Crippen molar-refractivity contribution >= 4 is 22.9 Å². The van der Waals surface area contributed by atoms with Crippen LogP contribution >= 0.6 is 11.3 Å². The lowest BCUT2D eigenvalue weighted by Crippen LogP contribution is -2.15. The number of carbonyl (C=O) groups excluding carboxylic acids is 1. The molecule has 0 bridgehead atoms. The molecule has 0 aliphatic rings. The Labute approximate surface area is 156 Å². The summed E-state index contributed by atoms with van der Waals surface area (Å²) in [6, 6.07) is 15.1. The lowest BCUT2D eigenvalue weighted by atomic mass is 10.2. The van der Waals surface area contributed by atoms with E-state index in [-0.39, 0.29) is 12.3 Å². The Bertz CT molecular complexity index is 892. The average molecular weight is 368 g/mol. The van der Waals surface area contributed by atoms with Crippen LogP contribution in [0.3, 0.4) is 0 Å². The summed E-state index contributed by atoms with van der Waals surface area (Å²) >= 11 is 1.50. The van der Waals surface area contributed by atoms with E-state index in [0.717, 1.165) is 22.0 Å². The molecule has 134 valence electrons. The predicted octanol–water partition coefficient (Wildman–Crippen LogP) is 4.40. The number of benzene rings is 2. The second-order valence-corrected chi connectivity index (χ2v) is 6.36. The highest BCUT2D eigenvalue weighted by Gasteiger charge is 2.13. The lowest BCUT2D eigenvalue weighted by molar-refractivity contribution is -0.115. The van der Waals surface area contributed by atoms with E-state index in [9.17, 15) is 4.79 Å². The van der Waals surface area contributed by atoms with E-state index >= 15 is 0 Å². The highest BCUT2D eigenvalue weighted by Crippen LogP contribution is 2.32. The highest BCUT2D eigenvalue weighted by atomic mass is 32.1. The first-order chi connectivity index (χ1) is 12.7. The third-order valence-electron chi connectivity index (χ3n) is 3.69. The second-order valence-electron chi connectivity index (χ2n) is 5.50. The monoisotopic (exact) mass is 368 g/mol. The molecule has 0 radical (unpaired) electrons. The maximum atomic E-state index is 12.3. The molecule has 0 atom stereocenters. The summed E-state index contributed by atoms with van der Waals surface area (Å²) in [6.07, 6.45) is 0.200. The molecule has 1 heterocycles. The van der Waals surface area contributed by atoms with Crippen LogP contribution in [0.15, 0.2) is 53.9 Å². The van der Waals surface area contributed by atoms with Gasteiger partial charge in [-0.05, 0) is 31.2 Å². The standard InChI is InChI=1S/C20H20N2O3S/c1-3-25-17-10-6-4-8-15(17)20-21-14(13-26-20)12-19(23)22-16-9-5-7-11-18(16)24-2/h4-11,13H,3,12H2,1-2H3,(H,22,23). The van der Waals surface area contributed by atoms with Gasteiger partial charge in [0.05, 0.1) is 37.1 Å². The SMILES string of the molecule is CCOc1ccccc1-c1nc(CC(=O)Nc2ccccc2OC)cs1. The number of nitrogens with zero attached hydrogens (tertiary/aromatic N) is 1. The number of anilines is 1. The maximum Gasteiger partial charge on any atom is 0.230 e. The van der Waals surface area contributed by atoms with Gasteiger partial charge in [-0.25, -0.2) is 4.98 Å². The molecule has 6 heteroatoms. The van der Waals surface area contributed by atoms with Gasteiger partial charge in [-0.2, -0.15) is 0 Å². The van der Waals surface area contributed by atoms with Gasteiger partial charge in [0.25, 0.3) is 0 Å². The van der Waals surface area contributed by atoms with Gasteiger partial charge in [-0.15, -0.1) is 11.3 Å². The first kappa shape index (κ1) is 17.9. The Morgan fingerprint density at radius 1 is 1.12 bits per heavy atom. The number of hydrogen-bond acceptors (Lipinski definition) is 5. The summed E-state index contributed by atoms with van der Waals surface area (Å²) in [5.41, 5.74) is 2.32. The Hall–Kier alpha value is -2.86. The number of ether oxygens (including phenoxy) is 2. The van der Waals surface area contributed by atoms with Crippen LogP contribution in [-0.4, -0.2) is 24.6 Å². The van der Waals surface area contributed by atoms with Crippen molar-refractivity contribution in [3.05, 3.63) is 59.6 Å². The van der Waals surface area contributed by atoms with Gasteiger partial charge < -0.3 is 14.8 Å². The molecule has 0 aliphatic heterocycles. The van der Waals surface area contributed by atoms with Gasteiger partial charge in [-0.1, -0.05) is 24.3 Å². The number of hydrogen-bond donors (Lipinski definition) is 1. The van der Waals surface area contributed by atoms with Crippen molar-refractivity contribution in [3.8, 4) is 22.1 Å². The number of rotatable bonds is 7. The molecule has 0 aliphatic carbocycles. The maximum absolute atomic E-state index is 12.3. The molecule has 0 spiro atoms. The summed E-state index contributed by atoms with van der Waals surface area (Å²) in [7, 11) is 1.58. The number of nitrogens with one attached hydrogen (secondary N) is 1. The fraction of sp³-hybridized carbons (Fsp3) is 0.200. The van der Waals surface area contributed by atoms with Crippen LogP contribution in [0.5, 0.6) is 11.5 Å². The lowest BCUT2D eigenvalue weighted by Gasteiger charge is -2.09. The molecule has 1 aromatic heterocycles. The van der Waals surface area contributed by atoms with Crippen molar-refractivity contribution in [3.63, 3.8) is 0 Å². The summed E-state index contributed by atoms with van der Waals surface area (Å²) in [6.45, 7) is 2.54. The normalized spacial score (nSPS) is 10.4. The Balaban J connectivity index is 1.72. The van der Waals surface area contributed by atoms with Crippen LogP contribution in [0.25, 0.3) is 10.6 Å². The summed E-state index contributed by atoms with van der Waals surface area (Å²) in [4.78, 5) is 16.9. The number of thiazole rings is 1. The summed E-state index contributed by atoms with van der Waals surface area (Å²) in [5.74, 6) is 1.30. The van der Waals surface area contributed by atoms with Crippen molar-refractivity contribution in [1.82, 2.24) is 4.98 Å². The Morgan fingerprint density at radius 2 is 1.85 bits per heavy atom. The molecule has 0 saturated heterocycles. The van der Waals surface area contributed by atoms with Crippen molar-refractivity contribution < 1.29 is 14.3 Å². The first-order valence-electron chi connectivity index (χ1n) is 8.30. The van der Waals surface area contributed by atoms with Gasteiger partial charge >= 0.3 is 0 Å². The molecule has 26 heavy (non-hydrogen) atoms. The first-order valence-corrected chi connectivity index (χ1v) is 9.18. The molecular weight excluding hydrogens is 348 g/mol. The van der Waals surface area contributed by atoms with Crippen molar-refractivity contribution in [2.75, 3.05) is 19.0 Å². The molecule has 2 aromatic carbocycles. The van der Waals surface area contributed by atoms with E-state index in [4.69, 9.17) is 9.47 Å². The smallest absolute Gasteiger partial charge is 0.230 e. The van der Waals surface area contributed by atoms with Crippen molar-refractivity contribution in [2.24, 2.45) is 0 Å². The number of amides is 1. The van der Waals surface area contributed by atoms with Gasteiger partial charge in [0.1, 0.15) is 16.5 Å². The van der Waals surface area contributed by atoms with E-state index in [1.807, 2.05) is 54.8 Å². The molecule has 3 aromatic rings. The average Bonchev–Trinajstić information content (AvgIpc) is 3.11. The molecule has 5 nitrogen and oxygen atoms in total. The van der Waals surface area contributed by atoms with Crippen LogP contribution in [-0.2, 0) is 11.2 Å². The molecule has 1 N–H and O–H groups in total. The van der Waals surface area contributed by atoms with Crippen LogP contribution in [0.2, 0.25) is 0 Å². The van der Waals surface area contributed by atoms with Crippen LogP contribution in [0.1, 0.15) is 12.6 Å². The largest absolute Gasteiger partial charge is 0.495 e. The predicted molar refractivity (Wildman–Crippen MR) is 104 cm³/mol. The van der Waals surface area contributed by atoms with E-state index in [2.05, 4.69) is 10.3 Å². The van der Waals surface area contributed by atoms with Crippen molar-refractivity contribution in [2.45, 2.75) is 13.3 Å². The zero-order valence-corrected chi connectivity index (χ0v) is 15.5. The fourth-order valence-corrected chi connectivity index (χ4v) is 3.39. The highest BCUT2D eigenvalue weighted by molar-refractivity contribution is 7.13. The van der Waals surface area contributed by atoms with Gasteiger partial charge in [0.2, 0.25) is 5.91 Å². The molecular formula is C20H20N2O3S. The topological polar surface area (TPSA) is 60.5 Å². The minimum atomic E-state index is -0.135. The molecule has 3 rings (SSSR count). The van der Waals surface area contributed by atoms with Crippen molar-refractivity contribution in [1.29, 1.82) is 0 Å². The Kier molecular flexibility index (Phi) is 5.86. The summed E-state index contributed by atoms with van der Waals surface area (Å²) in [5, 5.41) is 5.61. The molecule has 0 fully saturated rings. The molecule has 0 saturated carbocycles. The zero-order chi connectivity index (χ0) is 18.4. The molecule has 0 unspecified atom stereocenters. The minimum absolute atomic E-state index is 0.135. The minimum Gasteiger partial charge on any atom is -0.495 e. The fourth-order valence-electron chi connectivity index (χ4n) is 2.54. The third kappa shape index (κ3) is 4.21. The van der Waals surface area contributed by atoms with Crippen LogP contribution < -0.4 is 14.8 Å². The van der Waals surface area contributed by atoms with Crippen LogP contribution in [0, 0.1) is 0 Å². The van der Waals surface area contributed by atoms with Crippen LogP contribution in [0.4, 0.5) is 5.69 Å².